The van der Waals surface area contributed by atoms with Gasteiger partial charge in [0.25, 0.3) is 0 Å². The standard InChI is InChI=1S/C12H15ClF2/c1-3-4-11(13)8(2)10-6-5-9(14)7-12(10)15/h5-8,11H,3-4H2,1-2H3. The molecule has 2 unspecified atom stereocenters. The van der Waals surface area contributed by atoms with E-state index in [0.29, 0.717) is 5.56 Å². The molecule has 0 heterocycles. The van der Waals surface area contributed by atoms with Gasteiger partial charge in [-0.25, -0.2) is 8.78 Å². The highest BCUT2D eigenvalue weighted by atomic mass is 35.5. The molecule has 0 bridgehead atoms. The van der Waals surface area contributed by atoms with Crippen molar-refractivity contribution in [1.29, 1.82) is 0 Å². The molecular weight excluding hydrogens is 218 g/mol. The van der Waals surface area contributed by atoms with Gasteiger partial charge < -0.3 is 0 Å². The van der Waals surface area contributed by atoms with Crippen LogP contribution in [-0.4, -0.2) is 5.38 Å². The zero-order chi connectivity index (χ0) is 11.4. The van der Waals surface area contributed by atoms with E-state index in [1.165, 1.54) is 12.1 Å². The first-order valence-corrected chi connectivity index (χ1v) is 5.59. The van der Waals surface area contributed by atoms with Gasteiger partial charge in [0.2, 0.25) is 0 Å². The van der Waals surface area contributed by atoms with Gasteiger partial charge in [-0.05, 0) is 18.1 Å². The fourth-order valence-electron chi connectivity index (χ4n) is 1.59. The maximum atomic E-state index is 13.4. The van der Waals surface area contributed by atoms with Gasteiger partial charge in [-0.2, -0.15) is 0 Å². The minimum absolute atomic E-state index is 0.0905. The highest BCUT2D eigenvalue weighted by Gasteiger charge is 2.19. The fourth-order valence-corrected chi connectivity index (χ4v) is 1.95. The van der Waals surface area contributed by atoms with Crippen molar-refractivity contribution in [2.24, 2.45) is 0 Å². The molecule has 1 aromatic rings. The van der Waals surface area contributed by atoms with E-state index in [1.54, 1.807) is 0 Å². The van der Waals surface area contributed by atoms with Crippen LogP contribution < -0.4 is 0 Å². The Kier molecular flexibility index (Phi) is 4.52. The summed E-state index contributed by atoms with van der Waals surface area (Å²) in [6.45, 7) is 3.90. The summed E-state index contributed by atoms with van der Waals surface area (Å²) in [5.41, 5.74) is 0.491. The highest BCUT2D eigenvalue weighted by molar-refractivity contribution is 6.21. The molecule has 0 spiro atoms. The van der Waals surface area contributed by atoms with E-state index >= 15 is 0 Å². The van der Waals surface area contributed by atoms with Gasteiger partial charge in [0.1, 0.15) is 11.6 Å². The third kappa shape index (κ3) is 3.16. The molecule has 84 valence electrons. The maximum Gasteiger partial charge on any atom is 0.129 e. The van der Waals surface area contributed by atoms with Gasteiger partial charge in [0.15, 0.2) is 0 Å². The highest BCUT2D eigenvalue weighted by Crippen LogP contribution is 2.28. The molecule has 0 saturated carbocycles. The van der Waals surface area contributed by atoms with E-state index in [2.05, 4.69) is 0 Å². The molecule has 0 saturated heterocycles. The summed E-state index contributed by atoms with van der Waals surface area (Å²) in [4.78, 5) is 0. The number of hydrogen-bond donors (Lipinski definition) is 0. The monoisotopic (exact) mass is 232 g/mol. The number of benzene rings is 1. The molecule has 1 rings (SSSR count). The average Bonchev–Trinajstić information content (AvgIpc) is 2.17. The van der Waals surface area contributed by atoms with E-state index in [1.807, 2.05) is 13.8 Å². The van der Waals surface area contributed by atoms with Crippen molar-refractivity contribution in [2.45, 2.75) is 38.0 Å². The summed E-state index contributed by atoms with van der Waals surface area (Å²) in [6, 6.07) is 3.65. The predicted octanol–water partition coefficient (Wildman–Crippen LogP) is 4.48. The number of halogens is 3. The van der Waals surface area contributed by atoms with Gasteiger partial charge >= 0.3 is 0 Å². The molecule has 0 aliphatic carbocycles. The summed E-state index contributed by atoms with van der Waals surface area (Å²) >= 11 is 6.12. The van der Waals surface area contributed by atoms with Crippen LogP contribution in [0.25, 0.3) is 0 Å². The van der Waals surface area contributed by atoms with Crippen molar-refractivity contribution >= 4 is 11.6 Å². The van der Waals surface area contributed by atoms with Crippen LogP contribution in [0.2, 0.25) is 0 Å². The number of rotatable bonds is 4. The summed E-state index contributed by atoms with van der Waals surface area (Å²) in [5, 5.41) is -0.102. The second-order valence-electron chi connectivity index (χ2n) is 3.76. The molecule has 0 radical (unpaired) electrons. The number of alkyl halides is 1. The fraction of sp³-hybridized carbons (Fsp3) is 0.500. The van der Waals surface area contributed by atoms with Gasteiger partial charge in [-0.3, -0.25) is 0 Å². The van der Waals surface area contributed by atoms with Crippen LogP contribution in [0.3, 0.4) is 0 Å². The Morgan fingerprint density at radius 3 is 2.53 bits per heavy atom. The molecule has 3 heteroatoms. The quantitative estimate of drug-likeness (QED) is 0.672. The lowest BCUT2D eigenvalue weighted by Crippen LogP contribution is -2.11. The zero-order valence-electron chi connectivity index (χ0n) is 8.93. The van der Waals surface area contributed by atoms with E-state index < -0.39 is 11.6 Å². The lowest BCUT2D eigenvalue weighted by molar-refractivity contribution is 0.545. The Balaban J connectivity index is 2.86. The second kappa shape index (κ2) is 5.45. The molecule has 15 heavy (non-hydrogen) atoms. The smallest absolute Gasteiger partial charge is 0.129 e. The molecule has 2 atom stereocenters. The number of hydrogen-bond acceptors (Lipinski definition) is 0. The predicted molar refractivity (Wildman–Crippen MR) is 59.3 cm³/mol. The van der Waals surface area contributed by atoms with Gasteiger partial charge in [-0.15, -0.1) is 11.6 Å². The normalized spacial score (nSPS) is 15.0. The maximum absolute atomic E-state index is 13.4. The first-order chi connectivity index (χ1) is 7.06. The van der Waals surface area contributed by atoms with Crippen LogP contribution in [0.4, 0.5) is 8.78 Å². The molecule has 0 amide bonds. The first kappa shape index (κ1) is 12.4. The van der Waals surface area contributed by atoms with Crippen molar-refractivity contribution < 1.29 is 8.78 Å². The van der Waals surface area contributed by atoms with Crippen LogP contribution in [0.1, 0.15) is 38.2 Å². The lowest BCUT2D eigenvalue weighted by atomic mass is 9.94. The Bertz CT molecular complexity index is 325. The van der Waals surface area contributed by atoms with Crippen molar-refractivity contribution in [3.8, 4) is 0 Å². The minimum atomic E-state index is -0.551. The molecule has 0 aliphatic rings. The van der Waals surface area contributed by atoms with Crippen molar-refractivity contribution in [3.63, 3.8) is 0 Å². The molecule has 0 N–H and O–H groups in total. The Hall–Kier alpha value is -0.630. The Labute approximate surface area is 94.3 Å². The summed E-state index contributed by atoms with van der Waals surface area (Å²) in [7, 11) is 0. The second-order valence-corrected chi connectivity index (χ2v) is 4.32. The van der Waals surface area contributed by atoms with Crippen LogP contribution in [0, 0.1) is 11.6 Å². The largest absolute Gasteiger partial charge is 0.207 e. The topological polar surface area (TPSA) is 0 Å². The molecule has 1 aromatic carbocycles. The van der Waals surface area contributed by atoms with Crippen molar-refractivity contribution in [1.82, 2.24) is 0 Å². The molecule has 0 aliphatic heterocycles. The van der Waals surface area contributed by atoms with E-state index in [0.717, 1.165) is 18.9 Å². The summed E-state index contributed by atoms with van der Waals surface area (Å²) in [6.07, 6.45) is 1.79. The van der Waals surface area contributed by atoms with Crippen LogP contribution >= 0.6 is 11.6 Å². The van der Waals surface area contributed by atoms with Gasteiger partial charge in [-0.1, -0.05) is 26.3 Å². The zero-order valence-corrected chi connectivity index (χ0v) is 9.69. The van der Waals surface area contributed by atoms with Gasteiger partial charge in [0, 0.05) is 17.4 Å². The average molecular weight is 233 g/mol. The van der Waals surface area contributed by atoms with Crippen molar-refractivity contribution in [3.05, 3.63) is 35.4 Å². The third-order valence-electron chi connectivity index (χ3n) is 2.56. The summed E-state index contributed by atoms with van der Waals surface area (Å²) in [5.74, 6) is -1.15. The van der Waals surface area contributed by atoms with E-state index in [9.17, 15) is 8.78 Å². The molecule has 0 aromatic heterocycles. The summed E-state index contributed by atoms with van der Waals surface area (Å²) < 4.78 is 26.1. The van der Waals surface area contributed by atoms with E-state index in [4.69, 9.17) is 11.6 Å². The van der Waals surface area contributed by atoms with Crippen LogP contribution in [0.5, 0.6) is 0 Å². The minimum Gasteiger partial charge on any atom is -0.207 e. The first-order valence-electron chi connectivity index (χ1n) is 5.15. The van der Waals surface area contributed by atoms with Crippen LogP contribution in [-0.2, 0) is 0 Å². The SMILES string of the molecule is CCCC(Cl)C(C)c1ccc(F)cc1F. The van der Waals surface area contributed by atoms with Crippen LogP contribution in [0.15, 0.2) is 18.2 Å². The van der Waals surface area contributed by atoms with E-state index in [-0.39, 0.29) is 11.3 Å². The lowest BCUT2D eigenvalue weighted by Gasteiger charge is -2.18. The third-order valence-corrected chi connectivity index (χ3v) is 3.16. The van der Waals surface area contributed by atoms with Gasteiger partial charge in [0.05, 0.1) is 0 Å². The Morgan fingerprint density at radius 1 is 1.33 bits per heavy atom. The van der Waals surface area contributed by atoms with Crippen molar-refractivity contribution in [2.75, 3.05) is 0 Å². The molecular formula is C12H15ClF2. The Morgan fingerprint density at radius 2 is 2.00 bits per heavy atom. The molecule has 0 nitrogen and oxygen atoms in total. The molecule has 0 fully saturated rings.